The monoisotopic (exact) mass is 417 g/mol. The largest absolute Gasteiger partial charge is 0.378 e. The van der Waals surface area contributed by atoms with Crippen molar-refractivity contribution >= 4 is 40.0 Å². The molecule has 21 heavy (non-hydrogen) atoms. The number of halogens is 2. The lowest BCUT2D eigenvalue weighted by molar-refractivity contribution is 0.180. The Bertz CT molecular complexity index is 595. The van der Waals surface area contributed by atoms with E-state index in [1.165, 1.54) is 0 Å². The first-order chi connectivity index (χ1) is 10.2. The minimum atomic E-state index is 0.467. The van der Waals surface area contributed by atoms with Gasteiger partial charge in [-0.2, -0.15) is 0 Å². The lowest BCUT2D eigenvalue weighted by atomic mass is 10.1. The Labute approximate surface area is 143 Å². The van der Waals surface area contributed by atoms with Gasteiger partial charge in [0, 0.05) is 25.1 Å². The summed E-state index contributed by atoms with van der Waals surface area (Å²) in [6.45, 7) is 3.32. The fourth-order valence-corrected chi connectivity index (χ4v) is 2.74. The highest BCUT2D eigenvalue weighted by atomic mass is 127. The fraction of sp³-hybridized carbons (Fsp3) is 0.333. The Balaban J connectivity index is 2.36. The van der Waals surface area contributed by atoms with Gasteiger partial charge in [0.15, 0.2) is 0 Å². The maximum atomic E-state index is 6.21. The molecule has 1 aromatic heterocycles. The van der Waals surface area contributed by atoms with Gasteiger partial charge in [-0.3, -0.25) is 0 Å². The number of hydrogen-bond donors (Lipinski definition) is 1. The molecule has 0 amide bonds. The zero-order valence-electron chi connectivity index (χ0n) is 12.0. The van der Waals surface area contributed by atoms with Crippen LogP contribution >= 0.6 is 34.2 Å². The Morgan fingerprint density at radius 1 is 1.29 bits per heavy atom. The lowest BCUT2D eigenvalue weighted by Gasteiger charge is -2.12. The Hall–Kier alpha value is -0.920. The summed E-state index contributed by atoms with van der Waals surface area (Å²) in [4.78, 5) is 9.20. The Morgan fingerprint density at radius 2 is 2.05 bits per heavy atom. The van der Waals surface area contributed by atoms with Crippen LogP contribution in [0.2, 0.25) is 5.02 Å². The second kappa shape index (κ2) is 7.91. The topological polar surface area (TPSA) is 47.0 Å². The van der Waals surface area contributed by atoms with Gasteiger partial charge in [0.2, 0.25) is 0 Å². The van der Waals surface area contributed by atoms with Crippen molar-refractivity contribution in [1.29, 1.82) is 0 Å². The van der Waals surface area contributed by atoms with Crippen molar-refractivity contribution in [3.05, 3.63) is 49.9 Å². The van der Waals surface area contributed by atoms with Gasteiger partial charge in [-0.05, 0) is 41.1 Å². The molecule has 112 valence electrons. The van der Waals surface area contributed by atoms with Gasteiger partial charge in [0.25, 0.3) is 0 Å². The SMILES string of the molecule is CCNc1nc(Cc2ccccc2Cl)nc(COC)c1I. The fourth-order valence-electron chi connectivity index (χ4n) is 1.95. The average molecular weight is 418 g/mol. The minimum Gasteiger partial charge on any atom is -0.378 e. The van der Waals surface area contributed by atoms with E-state index in [1.807, 2.05) is 31.2 Å². The summed E-state index contributed by atoms with van der Waals surface area (Å²) in [5.74, 6) is 1.59. The molecule has 0 spiro atoms. The highest BCUT2D eigenvalue weighted by molar-refractivity contribution is 14.1. The number of nitrogens with one attached hydrogen (secondary N) is 1. The van der Waals surface area contributed by atoms with Crippen molar-refractivity contribution in [2.45, 2.75) is 20.0 Å². The summed E-state index contributed by atoms with van der Waals surface area (Å²) in [7, 11) is 1.67. The second-order valence-electron chi connectivity index (χ2n) is 4.48. The first-order valence-corrected chi connectivity index (χ1v) is 8.12. The van der Waals surface area contributed by atoms with Gasteiger partial charge in [-0.25, -0.2) is 9.97 Å². The van der Waals surface area contributed by atoms with Gasteiger partial charge in [0.1, 0.15) is 11.6 Å². The first-order valence-electron chi connectivity index (χ1n) is 6.67. The lowest BCUT2D eigenvalue weighted by Crippen LogP contribution is -2.11. The van der Waals surface area contributed by atoms with Gasteiger partial charge >= 0.3 is 0 Å². The normalized spacial score (nSPS) is 10.7. The first kappa shape index (κ1) is 16.5. The molecule has 0 aliphatic rings. The molecular weight excluding hydrogens is 401 g/mol. The number of rotatable bonds is 6. The third-order valence-electron chi connectivity index (χ3n) is 2.90. The van der Waals surface area contributed by atoms with Crippen molar-refractivity contribution in [2.24, 2.45) is 0 Å². The molecule has 6 heteroatoms. The summed E-state index contributed by atoms with van der Waals surface area (Å²) in [5, 5.41) is 4.00. The quantitative estimate of drug-likeness (QED) is 0.724. The molecule has 1 heterocycles. The molecular formula is C15H17ClIN3O. The molecule has 0 aliphatic carbocycles. The standard InChI is InChI=1S/C15H17ClIN3O/c1-3-18-15-14(17)12(9-21-2)19-13(20-15)8-10-6-4-5-7-11(10)16/h4-7H,3,8-9H2,1-2H3,(H,18,19,20). The third kappa shape index (κ3) is 4.28. The summed E-state index contributed by atoms with van der Waals surface area (Å²) in [6.07, 6.45) is 0.603. The van der Waals surface area contributed by atoms with E-state index in [0.717, 1.165) is 38.0 Å². The van der Waals surface area contributed by atoms with Crippen LogP contribution in [0.15, 0.2) is 24.3 Å². The average Bonchev–Trinajstić information content (AvgIpc) is 2.47. The van der Waals surface area contributed by atoms with Gasteiger partial charge in [0.05, 0.1) is 15.9 Å². The molecule has 0 unspecified atom stereocenters. The summed E-state index contributed by atoms with van der Waals surface area (Å²) in [6, 6.07) is 7.76. The zero-order chi connectivity index (χ0) is 15.2. The van der Waals surface area contributed by atoms with Gasteiger partial charge in [-0.15, -0.1) is 0 Å². The van der Waals surface area contributed by atoms with Crippen molar-refractivity contribution in [3.63, 3.8) is 0 Å². The van der Waals surface area contributed by atoms with Gasteiger partial charge in [-0.1, -0.05) is 29.8 Å². The molecule has 0 atom stereocenters. The Morgan fingerprint density at radius 3 is 2.71 bits per heavy atom. The van der Waals surface area contributed by atoms with Crippen LogP contribution in [-0.2, 0) is 17.8 Å². The zero-order valence-corrected chi connectivity index (χ0v) is 14.9. The van der Waals surface area contributed by atoms with Crippen LogP contribution in [0.3, 0.4) is 0 Å². The number of aromatic nitrogens is 2. The predicted octanol–water partition coefficient (Wildman–Crippen LogP) is 3.90. The van der Waals surface area contributed by atoms with Crippen LogP contribution in [0.5, 0.6) is 0 Å². The van der Waals surface area contributed by atoms with E-state index in [0.29, 0.717) is 13.0 Å². The van der Waals surface area contributed by atoms with E-state index in [9.17, 15) is 0 Å². The molecule has 2 aromatic rings. The van der Waals surface area contributed by atoms with Gasteiger partial charge < -0.3 is 10.1 Å². The third-order valence-corrected chi connectivity index (χ3v) is 4.40. The van der Waals surface area contributed by atoms with Crippen molar-refractivity contribution in [3.8, 4) is 0 Å². The molecule has 0 saturated heterocycles. The van der Waals surface area contributed by atoms with Crippen molar-refractivity contribution in [1.82, 2.24) is 9.97 Å². The predicted molar refractivity (Wildman–Crippen MR) is 93.9 cm³/mol. The number of ether oxygens (including phenoxy) is 1. The van der Waals surface area contributed by atoms with Crippen LogP contribution in [0, 0.1) is 3.57 Å². The second-order valence-corrected chi connectivity index (χ2v) is 5.97. The van der Waals surface area contributed by atoms with E-state index in [4.69, 9.17) is 16.3 Å². The van der Waals surface area contributed by atoms with Crippen LogP contribution in [-0.4, -0.2) is 23.6 Å². The maximum Gasteiger partial charge on any atom is 0.143 e. The number of hydrogen-bond acceptors (Lipinski definition) is 4. The van der Waals surface area contributed by atoms with E-state index in [1.54, 1.807) is 7.11 Å². The number of nitrogens with zero attached hydrogens (tertiary/aromatic N) is 2. The molecule has 0 radical (unpaired) electrons. The molecule has 0 bridgehead atoms. The Kier molecular flexibility index (Phi) is 6.20. The van der Waals surface area contributed by atoms with Crippen LogP contribution < -0.4 is 5.32 Å². The van der Waals surface area contributed by atoms with Crippen LogP contribution in [0.1, 0.15) is 24.0 Å². The minimum absolute atomic E-state index is 0.467. The van der Waals surface area contributed by atoms with Crippen molar-refractivity contribution < 1.29 is 4.74 Å². The summed E-state index contributed by atoms with van der Waals surface area (Å²) < 4.78 is 6.22. The molecule has 0 saturated carbocycles. The molecule has 0 aliphatic heterocycles. The number of methoxy groups -OCH3 is 1. The van der Waals surface area contributed by atoms with Crippen LogP contribution in [0.25, 0.3) is 0 Å². The smallest absolute Gasteiger partial charge is 0.143 e. The maximum absolute atomic E-state index is 6.21. The van der Waals surface area contributed by atoms with E-state index in [-0.39, 0.29) is 0 Å². The molecule has 1 aromatic carbocycles. The summed E-state index contributed by atoms with van der Waals surface area (Å²) in [5.41, 5.74) is 1.91. The van der Waals surface area contributed by atoms with Crippen LogP contribution in [0.4, 0.5) is 5.82 Å². The molecule has 4 nitrogen and oxygen atoms in total. The van der Waals surface area contributed by atoms with Crippen molar-refractivity contribution in [2.75, 3.05) is 19.0 Å². The summed E-state index contributed by atoms with van der Waals surface area (Å²) >= 11 is 8.46. The number of anilines is 1. The molecule has 1 N–H and O–H groups in total. The highest BCUT2D eigenvalue weighted by Crippen LogP contribution is 2.23. The van der Waals surface area contributed by atoms with E-state index < -0.39 is 0 Å². The molecule has 0 fully saturated rings. The van der Waals surface area contributed by atoms with E-state index >= 15 is 0 Å². The number of benzene rings is 1. The highest BCUT2D eigenvalue weighted by Gasteiger charge is 2.13. The van der Waals surface area contributed by atoms with E-state index in [2.05, 4.69) is 37.9 Å². The molecule has 2 rings (SSSR count).